The molecule has 0 aliphatic carbocycles. The van der Waals surface area contributed by atoms with Gasteiger partial charge in [-0.3, -0.25) is 0 Å². The fraction of sp³-hybridized carbons (Fsp3) is 0.333. The van der Waals surface area contributed by atoms with Gasteiger partial charge in [-0.25, -0.2) is 9.97 Å². The van der Waals surface area contributed by atoms with Crippen molar-refractivity contribution in [1.29, 1.82) is 0 Å². The van der Waals surface area contributed by atoms with Crippen LogP contribution in [0.5, 0.6) is 0 Å². The normalized spacial score (nSPS) is 10.3. The highest BCUT2D eigenvalue weighted by Crippen LogP contribution is 2.26. The summed E-state index contributed by atoms with van der Waals surface area (Å²) in [6.07, 6.45) is 0. The van der Waals surface area contributed by atoms with Gasteiger partial charge >= 0.3 is 0 Å². The molecule has 1 aromatic heterocycles. The number of rotatable bonds is 2. The van der Waals surface area contributed by atoms with Crippen molar-refractivity contribution in [2.75, 3.05) is 7.11 Å². The molecule has 1 aromatic rings. The van der Waals surface area contributed by atoms with Gasteiger partial charge in [0.25, 0.3) is 0 Å². The van der Waals surface area contributed by atoms with Crippen molar-refractivity contribution in [2.45, 2.75) is 6.61 Å². The summed E-state index contributed by atoms with van der Waals surface area (Å²) in [4.78, 5) is 7.67. The molecular formula is C6H5Cl3N2O. The van der Waals surface area contributed by atoms with Crippen molar-refractivity contribution in [3.8, 4) is 0 Å². The Bertz CT molecular complexity index is 269. The third-order valence-electron chi connectivity index (χ3n) is 1.09. The van der Waals surface area contributed by atoms with E-state index in [-0.39, 0.29) is 21.9 Å². The number of ether oxygens (including phenoxy) is 1. The van der Waals surface area contributed by atoms with E-state index in [1.54, 1.807) is 0 Å². The maximum atomic E-state index is 5.63. The molecular weight excluding hydrogens is 222 g/mol. The minimum atomic E-state index is 0.142. The second-order valence-corrected chi connectivity index (χ2v) is 3.06. The first-order valence-electron chi connectivity index (χ1n) is 3.01. The van der Waals surface area contributed by atoms with E-state index in [1.807, 2.05) is 0 Å². The van der Waals surface area contributed by atoms with Crippen LogP contribution >= 0.6 is 34.8 Å². The molecule has 0 aliphatic rings. The third kappa shape index (κ3) is 2.20. The predicted octanol–water partition coefficient (Wildman–Crippen LogP) is 2.58. The van der Waals surface area contributed by atoms with E-state index in [2.05, 4.69) is 9.97 Å². The molecule has 0 unspecified atom stereocenters. The average Bonchev–Trinajstić information content (AvgIpc) is 2.01. The van der Waals surface area contributed by atoms with Gasteiger partial charge in [-0.2, -0.15) is 0 Å². The second-order valence-electron chi connectivity index (χ2n) is 1.97. The van der Waals surface area contributed by atoms with E-state index in [0.717, 1.165) is 0 Å². The third-order valence-corrected chi connectivity index (χ3v) is 2.19. The van der Waals surface area contributed by atoms with E-state index >= 15 is 0 Å². The summed E-state index contributed by atoms with van der Waals surface area (Å²) in [5, 5.41) is 0.450. The molecule has 1 rings (SSSR count). The van der Waals surface area contributed by atoms with Crippen LogP contribution in [0.1, 0.15) is 5.82 Å². The molecule has 6 heteroatoms. The first-order valence-corrected chi connectivity index (χ1v) is 4.15. The number of methoxy groups -OCH3 is 1. The van der Waals surface area contributed by atoms with Gasteiger partial charge in [-0.05, 0) is 0 Å². The smallest absolute Gasteiger partial charge is 0.157 e. The SMILES string of the molecule is COCc1nc(Cl)c(Cl)c(Cl)n1. The van der Waals surface area contributed by atoms with Crippen molar-refractivity contribution in [3.05, 3.63) is 21.2 Å². The maximum absolute atomic E-state index is 5.63. The lowest BCUT2D eigenvalue weighted by atomic mass is 10.6. The molecule has 0 radical (unpaired) electrons. The van der Waals surface area contributed by atoms with E-state index in [4.69, 9.17) is 39.5 Å². The number of hydrogen-bond acceptors (Lipinski definition) is 3. The minimum Gasteiger partial charge on any atom is -0.377 e. The fourth-order valence-electron chi connectivity index (χ4n) is 0.629. The van der Waals surface area contributed by atoms with Gasteiger partial charge in [0.2, 0.25) is 0 Å². The van der Waals surface area contributed by atoms with Crippen LogP contribution in [0.25, 0.3) is 0 Å². The summed E-state index contributed by atoms with van der Waals surface area (Å²) in [7, 11) is 1.53. The summed E-state index contributed by atoms with van der Waals surface area (Å²) in [6.45, 7) is 0.261. The van der Waals surface area contributed by atoms with Crippen molar-refractivity contribution < 1.29 is 4.74 Å². The quantitative estimate of drug-likeness (QED) is 0.729. The Morgan fingerprint density at radius 1 is 1.17 bits per heavy atom. The highest BCUT2D eigenvalue weighted by atomic mass is 35.5. The summed E-state index contributed by atoms with van der Waals surface area (Å²) in [5.41, 5.74) is 0. The average molecular weight is 227 g/mol. The fourth-order valence-corrected chi connectivity index (χ4v) is 1.14. The molecule has 12 heavy (non-hydrogen) atoms. The van der Waals surface area contributed by atoms with Gasteiger partial charge in [-0.15, -0.1) is 0 Å². The Balaban J connectivity index is 3.04. The lowest BCUT2D eigenvalue weighted by molar-refractivity contribution is 0.178. The van der Waals surface area contributed by atoms with Crippen LogP contribution in [0.4, 0.5) is 0 Å². The molecule has 0 fully saturated rings. The minimum absolute atomic E-state index is 0.142. The molecule has 0 amide bonds. The van der Waals surface area contributed by atoms with Crippen LogP contribution in [0.2, 0.25) is 15.3 Å². The molecule has 3 nitrogen and oxygen atoms in total. The van der Waals surface area contributed by atoms with E-state index < -0.39 is 0 Å². The Labute approximate surface area is 84.6 Å². The van der Waals surface area contributed by atoms with Gasteiger partial charge in [-0.1, -0.05) is 34.8 Å². The molecule has 66 valence electrons. The molecule has 0 N–H and O–H groups in total. The predicted molar refractivity (Wildman–Crippen MR) is 47.8 cm³/mol. The van der Waals surface area contributed by atoms with Crippen molar-refractivity contribution in [2.24, 2.45) is 0 Å². The highest BCUT2D eigenvalue weighted by molar-refractivity contribution is 6.46. The molecule has 1 heterocycles. The lowest BCUT2D eigenvalue weighted by Gasteiger charge is -2.01. The van der Waals surface area contributed by atoms with Gasteiger partial charge in [0.05, 0.1) is 0 Å². The second kappa shape index (κ2) is 4.23. The van der Waals surface area contributed by atoms with Crippen LogP contribution in [0.15, 0.2) is 0 Å². The first-order chi connectivity index (χ1) is 5.65. The van der Waals surface area contributed by atoms with Crippen LogP contribution in [-0.4, -0.2) is 17.1 Å². The first kappa shape index (κ1) is 9.99. The van der Waals surface area contributed by atoms with Crippen LogP contribution in [-0.2, 0) is 11.3 Å². The molecule has 0 spiro atoms. The Morgan fingerprint density at radius 3 is 2.08 bits per heavy atom. The van der Waals surface area contributed by atoms with E-state index in [0.29, 0.717) is 5.82 Å². The van der Waals surface area contributed by atoms with E-state index in [1.165, 1.54) is 7.11 Å². The van der Waals surface area contributed by atoms with E-state index in [9.17, 15) is 0 Å². The molecule has 0 aromatic carbocycles. The summed E-state index contributed by atoms with van der Waals surface area (Å²) < 4.78 is 4.79. The topological polar surface area (TPSA) is 35.0 Å². The standard InChI is InChI=1S/C6H5Cl3N2O/c1-12-2-3-10-5(8)4(7)6(9)11-3/h2H2,1H3. The van der Waals surface area contributed by atoms with Crippen molar-refractivity contribution >= 4 is 34.8 Å². The molecule has 0 saturated heterocycles. The largest absolute Gasteiger partial charge is 0.377 e. The van der Waals surface area contributed by atoms with Gasteiger partial charge < -0.3 is 4.74 Å². The number of nitrogens with zero attached hydrogens (tertiary/aromatic N) is 2. The Hall–Kier alpha value is -0.0900. The number of hydrogen-bond donors (Lipinski definition) is 0. The number of halogens is 3. The summed E-state index contributed by atoms with van der Waals surface area (Å²) in [5.74, 6) is 0.414. The zero-order valence-corrected chi connectivity index (χ0v) is 8.41. The molecule has 0 aliphatic heterocycles. The zero-order chi connectivity index (χ0) is 9.14. The van der Waals surface area contributed by atoms with Crippen LogP contribution < -0.4 is 0 Å². The summed E-state index contributed by atoms with van der Waals surface area (Å²) in [6, 6.07) is 0. The highest BCUT2D eigenvalue weighted by Gasteiger charge is 2.08. The molecule has 0 bridgehead atoms. The van der Waals surface area contributed by atoms with Crippen molar-refractivity contribution in [3.63, 3.8) is 0 Å². The molecule has 0 atom stereocenters. The van der Waals surface area contributed by atoms with Crippen LogP contribution in [0.3, 0.4) is 0 Å². The Morgan fingerprint density at radius 2 is 1.67 bits per heavy atom. The Kier molecular flexibility index (Phi) is 3.53. The zero-order valence-electron chi connectivity index (χ0n) is 6.14. The number of aromatic nitrogens is 2. The van der Waals surface area contributed by atoms with Gasteiger partial charge in [0.15, 0.2) is 16.1 Å². The summed E-state index contributed by atoms with van der Waals surface area (Å²) >= 11 is 16.9. The lowest BCUT2D eigenvalue weighted by Crippen LogP contribution is -1.97. The van der Waals surface area contributed by atoms with Gasteiger partial charge in [0.1, 0.15) is 11.6 Å². The monoisotopic (exact) mass is 226 g/mol. The van der Waals surface area contributed by atoms with Gasteiger partial charge in [0, 0.05) is 7.11 Å². The molecule has 0 saturated carbocycles. The maximum Gasteiger partial charge on any atom is 0.157 e. The van der Waals surface area contributed by atoms with Crippen LogP contribution in [0, 0.1) is 0 Å². The van der Waals surface area contributed by atoms with Crippen molar-refractivity contribution in [1.82, 2.24) is 9.97 Å².